The van der Waals surface area contributed by atoms with Crippen molar-refractivity contribution in [2.45, 2.75) is 31.5 Å². The number of hydrogen-bond donors (Lipinski definition) is 1. The Morgan fingerprint density at radius 3 is 2.68 bits per heavy atom. The SMILES string of the molecule is FC(F)(F)c1nnc(NCC2CCN(C3CC3)C2)s1. The zero-order valence-electron chi connectivity index (χ0n) is 10.3. The third kappa shape index (κ3) is 3.17. The van der Waals surface area contributed by atoms with E-state index in [1.165, 1.54) is 12.8 Å². The van der Waals surface area contributed by atoms with Gasteiger partial charge in [-0.1, -0.05) is 11.3 Å². The number of likely N-dealkylation sites (tertiary alicyclic amines) is 1. The van der Waals surface area contributed by atoms with E-state index >= 15 is 0 Å². The Kier molecular flexibility index (Phi) is 3.38. The predicted octanol–water partition coefficient (Wildman–Crippen LogP) is 2.45. The van der Waals surface area contributed by atoms with Gasteiger partial charge in [0.05, 0.1) is 0 Å². The molecule has 0 bridgehead atoms. The molecular formula is C11H15F3N4S. The number of alkyl halides is 3. The molecule has 1 N–H and O–H groups in total. The summed E-state index contributed by atoms with van der Waals surface area (Å²) in [4.78, 5) is 2.48. The van der Waals surface area contributed by atoms with Gasteiger partial charge in [-0.2, -0.15) is 13.2 Å². The Labute approximate surface area is 113 Å². The molecule has 0 amide bonds. The molecule has 2 fully saturated rings. The molecule has 106 valence electrons. The van der Waals surface area contributed by atoms with Gasteiger partial charge in [-0.15, -0.1) is 10.2 Å². The topological polar surface area (TPSA) is 41.1 Å². The van der Waals surface area contributed by atoms with Crippen LogP contribution in [-0.4, -0.2) is 40.8 Å². The summed E-state index contributed by atoms with van der Waals surface area (Å²) in [6.45, 7) is 2.83. The number of nitrogens with one attached hydrogen (secondary N) is 1. The van der Waals surface area contributed by atoms with Crippen molar-refractivity contribution >= 4 is 16.5 Å². The molecule has 1 aliphatic heterocycles. The van der Waals surface area contributed by atoms with Crippen molar-refractivity contribution in [2.24, 2.45) is 5.92 Å². The Hall–Kier alpha value is -0.890. The van der Waals surface area contributed by atoms with Gasteiger partial charge in [0.1, 0.15) is 0 Å². The zero-order valence-corrected chi connectivity index (χ0v) is 11.1. The summed E-state index contributed by atoms with van der Waals surface area (Å²) in [5.41, 5.74) is 0. The van der Waals surface area contributed by atoms with Crippen molar-refractivity contribution in [3.63, 3.8) is 0 Å². The van der Waals surface area contributed by atoms with Crippen LogP contribution in [0.3, 0.4) is 0 Å². The number of anilines is 1. The van der Waals surface area contributed by atoms with Crippen LogP contribution in [0.2, 0.25) is 0 Å². The second-order valence-corrected chi connectivity index (χ2v) is 6.15. The van der Waals surface area contributed by atoms with Gasteiger partial charge in [0, 0.05) is 19.1 Å². The van der Waals surface area contributed by atoms with Crippen molar-refractivity contribution < 1.29 is 13.2 Å². The highest BCUT2D eigenvalue weighted by Gasteiger charge is 2.36. The molecule has 1 saturated carbocycles. The lowest BCUT2D eigenvalue weighted by Crippen LogP contribution is -2.24. The van der Waals surface area contributed by atoms with Crippen LogP contribution in [0.5, 0.6) is 0 Å². The van der Waals surface area contributed by atoms with Crippen molar-refractivity contribution in [1.29, 1.82) is 0 Å². The number of aromatic nitrogens is 2. The molecule has 0 radical (unpaired) electrons. The normalized spacial score (nSPS) is 24.9. The highest BCUT2D eigenvalue weighted by atomic mass is 32.1. The molecular weight excluding hydrogens is 277 g/mol. The quantitative estimate of drug-likeness (QED) is 0.925. The summed E-state index contributed by atoms with van der Waals surface area (Å²) in [7, 11) is 0. The summed E-state index contributed by atoms with van der Waals surface area (Å²) >= 11 is 0.571. The summed E-state index contributed by atoms with van der Waals surface area (Å²) in [6, 6.07) is 0.767. The Balaban J connectivity index is 1.48. The van der Waals surface area contributed by atoms with E-state index in [1.807, 2.05) is 0 Å². The minimum absolute atomic E-state index is 0.261. The third-order valence-corrected chi connectivity index (χ3v) is 4.52. The molecule has 8 heteroatoms. The standard InChI is InChI=1S/C11H15F3N4S/c12-11(13,14)9-16-17-10(19-9)15-5-7-3-4-18(6-7)8-1-2-8/h7-8H,1-6H2,(H,15,17). The van der Waals surface area contributed by atoms with Gasteiger partial charge in [0.25, 0.3) is 0 Å². The van der Waals surface area contributed by atoms with Gasteiger partial charge in [-0.3, -0.25) is 0 Å². The second kappa shape index (κ2) is 4.90. The minimum atomic E-state index is -4.40. The molecule has 1 saturated heterocycles. The fraction of sp³-hybridized carbons (Fsp3) is 0.818. The van der Waals surface area contributed by atoms with E-state index in [4.69, 9.17) is 0 Å². The van der Waals surface area contributed by atoms with Gasteiger partial charge in [0.2, 0.25) is 10.1 Å². The Morgan fingerprint density at radius 1 is 1.26 bits per heavy atom. The Bertz CT molecular complexity index is 443. The summed E-state index contributed by atoms with van der Waals surface area (Å²) in [5, 5.41) is 9.04. The lowest BCUT2D eigenvalue weighted by Gasteiger charge is -2.14. The minimum Gasteiger partial charge on any atom is -0.360 e. The van der Waals surface area contributed by atoms with E-state index in [0.717, 1.165) is 25.6 Å². The second-order valence-electron chi connectivity index (χ2n) is 5.17. The van der Waals surface area contributed by atoms with Gasteiger partial charge < -0.3 is 10.2 Å². The Morgan fingerprint density at radius 2 is 2.05 bits per heavy atom. The van der Waals surface area contributed by atoms with Crippen molar-refractivity contribution in [3.8, 4) is 0 Å². The van der Waals surface area contributed by atoms with Crippen molar-refractivity contribution in [3.05, 3.63) is 5.01 Å². The third-order valence-electron chi connectivity index (χ3n) is 3.59. The molecule has 3 rings (SSSR count). The van der Waals surface area contributed by atoms with Crippen LogP contribution in [0.4, 0.5) is 18.3 Å². The maximum Gasteiger partial charge on any atom is 0.445 e. The molecule has 1 aliphatic carbocycles. The van der Waals surface area contributed by atoms with Crippen LogP contribution in [-0.2, 0) is 6.18 Å². The van der Waals surface area contributed by atoms with Crippen LogP contribution in [0.15, 0.2) is 0 Å². The zero-order chi connectivity index (χ0) is 13.5. The molecule has 1 atom stereocenters. The maximum atomic E-state index is 12.4. The number of halogens is 3. The van der Waals surface area contributed by atoms with Crippen LogP contribution in [0.25, 0.3) is 0 Å². The molecule has 1 unspecified atom stereocenters. The van der Waals surface area contributed by atoms with Crippen molar-refractivity contribution in [1.82, 2.24) is 15.1 Å². The first-order valence-electron chi connectivity index (χ1n) is 6.41. The largest absolute Gasteiger partial charge is 0.445 e. The van der Waals surface area contributed by atoms with E-state index in [0.29, 0.717) is 23.8 Å². The lowest BCUT2D eigenvalue weighted by molar-refractivity contribution is -0.138. The molecule has 0 spiro atoms. The van der Waals surface area contributed by atoms with Gasteiger partial charge >= 0.3 is 6.18 Å². The maximum absolute atomic E-state index is 12.4. The van der Waals surface area contributed by atoms with Gasteiger partial charge in [0.15, 0.2) is 0 Å². The summed E-state index contributed by atoms with van der Waals surface area (Å²) < 4.78 is 37.1. The smallest absolute Gasteiger partial charge is 0.360 e. The number of nitrogens with zero attached hydrogens (tertiary/aromatic N) is 3. The first-order valence-corrected chi connectivity index (χ1v) is 7.22. The molecule has 19 heavy (non-hydrogen) atoms. The van der Waals surface area contributed by atoms with Crippen LogP contribution >= 0.6 is 11.3 Å². The highest BCUT2D eigenvalue weighted by Crippen LogP contribution is 2.34. The van der Waals surface area contributed by atoms with E-state index < -0.39 is 11.2 Å². The first-order chi connectivity index (χ1) is 9.02. The first kappa shape index (κ1) is 13.1. The van der Waals surface area contributed by atoms with Crippen LogP contribution < -0.4 is 5.32 Å². The summed E-state index contributed by atoms with van der Waals surface area (Å²) in [6.07, 6.45) is -0.695. The molecule has 1 aromatic rings. The van der Waals surface area contributed by atoms with E-state index in [9.17, 15) is 13.2 Å². The van der Waals surface area contributed by atoms with E-state index in [-0.39, 0.29) is 5.13 Å². The van der Waals surface area contributed by atoms with E-state index in [2.05, 4.69) is 20.4 Å². The predicted molar refractivity (Wildman–Crippen MR) is 66.1 cm³/mol. The van der Waals surface area contributed by atoms with Crippen LogP contribution in [0.1, 0.15) is 24.3 Å². The average Bonchev–Trinajstić information content (AvgIpc) is 2.91. The highest BCUT2D eigenvalue weighted by molar-refractivity contribution is 7.15. The molecule has 4 nitrogen and oxygen atoms in total. The molecule has 1 aromatic heterocycles. The van der Waals surface area contributed by atoms with Gasteiger partial charge in [-0.05, 0) is 31.7 Å². The number of rotatable bonds is 4. The molecule has 2 heterocycles. The fourth-order valence-corrected chi connectivity index (χ4v) is 3.06. The average molecular weight is 292 g/mol. The monoisotopic (exact) mass is 292 g/mol. The summed E-state index contributed by atoms with van der Waals surface area (Å²) in [5.74, 6) is 0.499. The fourth-order valence-electron chi connectivity index (χ4n) is 2.44. The van der Waals surface area contributed by atoms with E-state index in [1.54, 1.807) is 0 Å². The van der Waals surface area contributed by atoms with Gasteiger partial charge in [-0.25, -0.2) is 0 Å². The van der Waals surface area contributed by atoms with Crippen LogP contribution in [0, 0.1) is 5.92 Å². The lowest BCUT2D eigenvalue weighted by atomic mass is 10.1. The molecule has 0 aromatic carbocycles. The number of hydrogen-bond acceptors (Lipinski definition) is 5. The van der Waals surface area contributed by atoms with Crippen molar-refractivity contribution in [2.75, 3.05) is 25.0 Å². The molecule has 2 aliphatic rings.